The van der Waals surface area contributed by atoms with E-state index in [9.17, 15) is 13.0 Å². The van der Waals surface area contributed by atoms with Gasteiger partial charge in [0.1, 0.15) is 4.90 Å². The predicted octanol–water partition coefficient (Wildman–Crippen LogP) is 4.70. The third-order valence-corrected chi connectivity index (χ3v) is 6.61. The molecule has 0 bridgehead atoms. The van der Waals surface area contributed by atoms with Gasteiger partial charge in [-0.1, -0.05) is 29.3 Å². The summed E-state index contributed by atoms with van der Waals surface area (Å²) in [5, 5.41) is -0.191. The molecule has 0 heterocycles. The Labute approximate surface area is 146 Å². The van der Waals surface area contributed by atoms with Crippen molar-refractivity contribution in [1.82, 2.24) is 0 Å². The van der Waals surface area contributed by atoms with Crippen molar-refractivity contribution in [1.29, 1.82) is 0 Å². The first-order chi connectivity index (χ1) is 10.5. The second-order valence-corrected chi connectivity index (χ2v) is 9.44. The van der Waals surface area contributed by atoms with Crippen LogP contribution in [0.2, 0.25) is 10.0 Å². The van der Waals surface area contributed by atoms with E-state index in [2.05, 4.69) is 0 Å². The minimum absolute atomic E-state index is 0.0955. The number of hydrogen-bond acceptors (Lipinski definition) is 6. The molecule has 0 aliphatic carbocycles. The van der Waals surface area contributed by atoms with E-state index in [1.54, 1.807) is 27.7 Å². The van der Waals surface area contributed by atoms with Gasteiger partial charge in [-0.2, -0.15) is 8.42 Å². The van der Waals surface area contributed by atoms with Crippen LogP contribution < -0.4 is 0 Å². The van der Waals surface area contributed by atoms with Gasteiger partial charge < -0.3 is 9.05 Å². The highest BCUT2D eigenvalue weighted by molar-refractivity contribution is 7.87. The Hall–Kier alpha value is -0.140. The van der Waals surface area contributed by atoms with E-state index in [1.165, 1.54) is 18.2 Å². The fourth-order valence-corrected chi connectivity index (χ4v) is 5.87. The normalized spacial score (nSPS) is 13.0. The highest BCUT2D eigenvalue weighted by atomic mass is 35.5. The maximum absolute atomic E-state index is 12.6. The standard InChI is InChI=1S/C13H19Cl2O6PS/c1-9(2)20-22(16,21-10(3)4)8-19-23(17,18)13-11(14)6-5-7-12(13)15/h5-7,9-10H,8H2,1-4H3. The minimum Gasteiger partial charge on any atom is -0.304 e. The summed E-state index contributed by atoms with van der Waals surface area (Å²) >= 11 is 11.7. The topological polar surface area (TPSA) is 78.9 Å². The molecule has 10 heteroatoms. The van der Waals surface area contributed by atoms with Gasteiger partial charge in [0.15, 0.2) is 6.35 Å². The zero-order valence-electron chi connectivity index (χ0n) is 13.2. The van der Waals surface area contributed by atoms with Gasteiger partial charge in [-0.15, -0.1) is 0 Å². The third-order valence-electron chi connectivity index (χ3n) is 2.28. The van der Waals surface area contributed by atoms with Crippen LogP contribution >= 0.6 is 30.8 Å². The molecule has 0 fully saturated rings. The molecule has 0 aliphatic rings. The molecule has 1 aromatic rings. The van der Waals surface area contributed by atoms with Crippen LogP contribution in [0, 0.1) is 0 Å². The van der Waals surface area contributed by atoms with Crippen LogP contribution in [0.25, 0.3) is 0 Å². The Kier molecular flexibility index (Phi) is 7.54. The second-order valence-electron chi connectivity index (χ2n) is 5.17. The lowest BCUT2D eigenvalue weighted by Gasteiger charge is -2.22. The Bertz CT molecular complexity index is 655. The van der Waals surface area contributed by atoms with Crippen LogP contribution in [0.1, 0.15) is 27.7 Å². The van der Waals surface area contributed by atoms with Crippen LogP contribution in [0.4, 0.5) is 0 Å². The molecule has 0 atom stereocenters. The molecule has 0 aliphatic heterocycles. The zero-order valence-corrected chi connectivity index (χ0v) is 16.4. The molecule has 0 radical (unpaired) electrons. The van der Waals surface area contributed by atoms with Gasteiger partial charge in [0.05, 0.1) is 22.3 Å². The molecule has 1 aromatic carbocycles. The van der Waals surface area contributed by atoms with Gasteiger partial charge in [-0.3, -0.25) is 8.75 Å². The van der Waals surface area contributed by atoms with Gasteiger partial charge in [-0.25, -0.2) is 0 Å². The van der Waals surface area contributed by atoms with Gasteiger partial charge in [0.2, 0.25) is 0 Å². The summed E-state index contributed by atoms with van der Waals surface area (Å²) < 4.78 is 52.4. The summed E-state index contributed by atoms with van der Waals surface area (Å²) in [6.07, 6.45) is -1.64. The van der Waals surface area contributed by atoms with E-state index in [0.717, 1.165) is 0 Å². The molecule has 0 spiro atoms. The van der Waals surface area contributed by atoms with Gasteiger partial charge in [-0.05, 0) is 39.8 Å². The Morgan fingerprint density at radius 2 is 1.48 bits per heavy atom. The Morgan fingerprint density at radius 3 is 1.87 bits per heavy atom. The maximum atomic E-state index is 12.6. The summed E-state index contributed by atoms with van der Waals surface area (Å²) in [5.41, 5.74) is 0. The Morgan fingerprint density at radius 1 is 1.04 bits per heavy atom. The smallest absolute Gasteiger partial charge is 0.304 e. The number of halogens is 2. The molecule has 132 valence electrons. The lowest BCUT2D eigenvalue weighted by molar-refractivity contribution is 0.129. The average Bonchev–Trinajstić information content (AvgIpc) is 2.34. The monoisotopic (exact) mass is 404 g/mol. The summed E-state index contributed by atoms with van der Waals surface area (Å²) in [4.78, 5) is -0.385. The number of rotatable bonds is 8. The van der Waals surface area contributed by atoms with Crippen LogP contribution in [-0.2, 0) is 27.9 Å². The first-order valence-corrected chi connectivity index (χ1v) is 10.7. The molecule has 0 saturated heterocycles. The van der Waals surface area contributed by atoms with Crippen molar-refractivity contribution in [2.75, 3.05) is 6.35 Å². The lowest BCUT2D eigenvalue weighted by Crippen LogP contribution is -2.15. The van der Waals surface area contributed by atoms with Crippen molar-refractivity contribution in [2.45, 2.75) is 44.8 Å². The van der Waals surface area contributed by atoms with Crippen LogP contribution in [0.3, 0.4) is 0 Å². The van der Waals surface area contributed by atoms with Crippen LogP contribution in [0.5, 0.6) is 0 Å². The fourth-order valence-electron chi connectivity index (χ4n) is 1.64. The molecular weight excluding hydrogens is 386 g/mol. The van der Waals surface area contributed by atoms with E-state index in [0.29, 0.717) is 0 Å². The zero-order chi connectivity index (χ0) is 17.8. The van der Waals surface area contributed by atoms with Gasteiger partial charge in [0, 0.05) is 0 Å². The molecule has 0 amide bonds. The largest absolute Gasteiger partial charge is 0.358 e. The van der Waals surface area contributed by atoms with E-state index in [-0.39, 0.29) is 14.9 Å². The van der Waals surface area contributed by atoms with Crippen molar-refractivity contribution in [2.24, 2.45) is 0 Å². The first-order valence-electron chi connectivity index (χ1n) is 6.76. The molecule has 0 saturated carbocycles. The predicted molar refractivity (Wildman–Crippen MR) is 89.6 cm³/mol. The van der Waals surface area contributed by atoms with E-state index in [4.69, 9.17) is 36.4 Å². The first kappa shape index (κ1) is 20.9. The van der Waals surface area contributed by atoms with Crippen molar-refractivity contribution >= 4 is 40.9 Å². The third kappa shape index (κ3) is 6.35. The van der Waals surface area contributed by atoms with E-state index >= 15 is 0 Å². The summed E-state index contributed by atoms with van der Waals surface area (Å²) in [6, 6.07) is 4.22. The molecule has 1 rings (SSSR count). The highest BCUT2D eigenvalue weighted by Crippen LogP contribution is 2.51. The summed E-state index contributed by atoms with van der Waals surface area (Å²) in [6.45, 7) is 6.59. The summed E-state index contributed by atoms with van der Waals surface area (Å²) in [5.74, 6) is 0. The molecule has 0 unspecified atom stereocenters. The number of benzene rings is 1. The molecular formula is C13H19Cl2O6PS. The molecule has 6 nitrogen and oxygen atoms in total. The maximum Gasteiger partial charge on any atom is 0.358 e. The SMILES string of the molecule is CC(C)OP(=O)(COS(=O)(=O)c1c(Cl)cccc1Cl)OC(C)C. The fraction of sp³-hybridized carbons (Fsp3) is 0.538. The van der Waals surface area contributed by atoms with Crippen molar-refractivity contribution in [3.05, 3.63) is 28.2 Å². The highest BCUT2D eigenvalue weighted by Gasteiger charge is 2.33. The second kappa shape index (κ2) is 8.30. The number of hydrogen-bond donors (Lipinski definition) is 0. The average molecular weight is 405 g/mol. The van der Waals surface area contributed by atoms with Crippen LogP contribution in [-0.4, -0.2) is 27.0 Å². The quantitative estimate of drug-likeness (QED) is 0.461. The van der Waals surface area contributed by atoms with Crippen molar-refractivity contribution in [3.63, 3.8) is 0 Å². The van der Waals surface area contributed by atoms with Crippen LogP contribution in [0.15, 0.2) is 23.1 Å². The molecule has 0 aromatic heterocycles. The van der Waals surface area contributed by atoms with Crippen molar-refractivity contribution < 1.29 is 26.2 Å². The Balaban J connectivity index is 3.02. The molecule has 0 N–H and O–H groups in total. The summed E-state index contributed by atoms with van der Waals surface area (Å²) in [7, 11) is -8.09. The van der Waals surface area contributed by atoms with Gasteiger partial charge in [0.25, 0.3) is 0 Å². The van der Waals surface area contributed by atoms with Gasteiger partial charge >= 0.3 is 17.7 Å². The minimum atomic E-state index is -4.32. The van der Waals surface area contributed by atoms with E-state index < -0.39 is 36.3 Å². The lowest BCUT2D eigenvalue weighted by atomic mass is 10.4. The van der Waals surface area contributed by atoms with E-state index in [1.807, 2.05) is 0 Å². The molecule has 23 heavy (non-hydrogen) atoms. The van der Waals surface area contributed by atoms with Crippen molar-refractivity contribution in [3.8, 4) is 0 Å².